The van der Waals surface area contributed by atoms with Gasteiger partial charge in [-0.15, -0.1) is 0 Å². The van der Waals surface area contributed by atoms with Gasteiger partial charge in [-0.05, 0) is 31.1 Å². The van der Waals surface area contributed by atoms with Crippen molar-refractivity contribution in [3.8, 4) is 0 Å². The molecule has 1 N–H and O–H groups in total. The maximum absolute atomic E-state index is 12.3. The van der Waals surface area contributed by atoms with Crippen molar-refractivity contribution >= 4 is 0 Å². The van der Waals surface area contributed by atoms with Gasteiger partial charge in [-0.1, -0.05) is 25.1 Å². The van der Waals surface area contributed by atoms with Gasteiger partial charge in [0.25, 0.3) is 0 Å². The molecule has 1 rings (SSSR count). The van der Waals surface area contributed by atoms with E-state index in [9.17, 15) is 13.2 Å². The molecule has 0 radical (unpaired) electrons. The minimum Gasteiger partial charge on any atom is -0.317 e. The van der Waals surface area contributed by atoms with Crippen LogP contribution in [0.4, 0.5) is 13.2 Å². The van der Waals surface area contributed by atoms with E-state index in [-0.39, 0.29) is 0 Å². The molecule has 84 valence electrons. The highest BCUT2D eigenvalue weighted by Crippen LogP contribution is 2.29. The molecule has 0 fully saturated rings. The van der Waals surface area contributed by atoms with E-state index in [1.807, 2.05) is 6.92 Å². The molecule has 0 aliphatic rings. The first-order valence-electron chi connectivity index (χ1n) is 4.91. The van der Waals surface area contributed by atoms with Crippen LogP contribution in [0.1, 0.15) is 18.1 Å². The van der Waals surface area contributed by atoms with Crippen LogP contribution in [0.2, 0.25) is 0 Å². The van der Waals surface area contributed by atoms with Gasteiger partial charge in [0.05, 0.1) is 5.56 Å². The lowest BCUT2D eigenvalue weighted by Crippen LogP contribution is -2.16. The summed E-state index contributed by atoms with van der Waals surface area (Å²) >= 11 is 0. The SMILES string of the molecule is CCNCCc1cccc(C(F)(F)F)c1. The number of benzene rings is 1. The molecule has 0 saturated heterocycles. The predicted molar refractivity (Wildman–Crippen MR) is 53.7 cm³/mol. The first-order chi connectivity index (χ1) is 7.04. The molecule has 1 aromatic rings. The van der Waals surface area contributed by atoms with Crippen molar-refractivity contribution < 1.29 is 13.2 Å². The molecule has 0 aliphatic heterocycles. The minimum atomic E-state index is -4.24. The Morgan fingerprint density at radius 1 is 1.27 bits per heavy atom. The number of hydrogen-bond acceptors (Lipinski definition) is 1. The Hall–Kier alpha value is -1.03. The Morgan fingerprint density at radius 3 is 2.60 bits per heavy atom. The van der Waals surface area contributed by atoms with Crippen LogP contribution in [-0.2, 0) is 12.6 Å². The van der Waals surface area contributed by atoms with Gasteiger partial charge in [-0.3, -0.25) is 0 Å². The van der Waals surface area contributed by atoms with Crippen molar-refractivity contribution in [3.05, 3.63) is 35.4 Å². The van der Waals surface area contributed by atoms with E-state index in [0.29, 0.717) is 18.5 Å². The third-order valence-corrected chi connectivity index (χ3v) is 2.09. The van der Waals surface area contributed by atoms with Gasteiger partial charge < -0.3 is 5.32 Å². The summed E-state index contributed by atoms with van der Waals surface area (Å²) in [6.07, 6.45) is -3.62. The quantitative estimate of drug-likeness (QED) is 0.765. The van der Waals surface area contributed by atoms with Gasteiger partial charge in [0.2, 0.25) is 0 Å². The smallest absolute Gasteiger partial charge is 0.317 e. The van der Waals surface area contributed by atoms with Gasteiger partial charge >= 0.3 is 6.18 Å². The Morgan fingerprint density at radius 2 is 2.00 bits per heavy atom. The summed E-state index contributed by atoms with van der Waals surface area (Å²) in [5, 5.41) is 3.07. The second-order valence-electron chi connectivity index (χ2n) is 3.30. The average molecular weight is 217 g/mol. The Kier molecular flexibility index (Phi) is 4.15. The summed E-state index contributed by atoms with van der Waals surface area (Å²) in [4.78, 5) is 0. The summed E-state index contributed by atoms with van der Waals surface area (Å²) < 4.78 is 37.0. The number of rotatable bonds is 4. The molecule has 0 aromatic heterocycles. The standard InChI is InChI=1S/C11H14F3N/c1-2-15-7-6-9-4-3-5-10(8-9)11(12,13)14/h3-5,8,15H,2,6-7H2,1H3. The first-order valence-corrected chi connectivity index (χ1v) is 4.91. The van der Waals surface area contributed by atoms with Crippen LogP contribution in [0, 0.1) is 0 Å². The van der Waals surface area contributed by atoms with Crippen LogP contribution in [0.5, 0.6) is 0 Å². The zero-order valence-electron chi connectivity index (χ0n) is 8.56. The second-order valence-corrected chi connectivity index (χ2v) is 3.30. The number of hydrogen-bond donors (Lipinski definition) is 1. The van der Waals surface area contributed by atoms with Gasteiger partial charge in [0.1, 0.15) is 0 Å². The van der Waals surface area contributed by atoms with E-state index in [1.165, 1.54) is 12.1 Å². The Bertz CT molecular complexity index is 307. The highest BCUT2D eigenvalue weighted by Gasteiger charge is 2.30. The fourth-order valence-corrected chi connectivity index (χ4v) is 1.31. The van der Waals surface area contributed by atoms with E-state index in [4.69, 9.17) is 0 Å². The van der Waals surface area contributed by atoms with Crippen LogP contribution in [0.15, 0.2) is 24.3 Å². The molecular weight excluding hydrogens is 203 g/mol. The van der Waals surface area contributed by atoms with Crippen LogP contribution in [0.3, 0.4) is 0 Å². The summed E-state index contributed by atoms with van der Waals surface area (Å²) in [6, 6.07) is 5.46. The third-order valence-electron chi connectivity index (χ3n) is 2.09. The molecule has 1 aromatic carbocycles. The Labute approximate surface area is 87.3 Å². The zero-order valence-corrected chi connectivity index (χ0v) is 8.56. The highest BCUT2D eigenvalue weighted by atomic mass is 19.4. The monoisotopic (exact) mass is 217 g/mol. The summed E-state index contributed by atoms with van der Waals surface area (Å²) in [7, 11) is 0. The third kappa shape index (κ3) is 3.91. The lowest BCUT2D eigenvalue weighted by atomic mass is 10.1. The molecule has 0 saturated carbocycles. The van der Waals surface area contributed by atoms with Crippen molar-refractivity contribution in [1.82, 2.24) is 5.32 Å². The molecule has 1 nitrogen and oxygen atoms in total. The molecule has 0 amide bonds. The molecular formula is C11H14F3N. The van der Waals surface area contributed by atoms with E-state index >= 15 is 0 Å². The molecule has 0 aliphatic carbocycles. The van der Waals surface area contributed by atoms with Crippen LogP contribution >= 0.6 is 0 Å². The Balaban J connectivity index is 2.66. The fraction of sp³-hybridized carbons (Fsp3) is 0.455. The van der Waals surface area contributed by atoms with E-state index in [1.54, 1.807) is 6.07 Å². The zero-order chi connectivity index (χ0) is 11.3. The minimum absolute atomic E-state index is 0.573. The molecule has 4 heteroatoms. The summed E-state index contributed by atoms with van der Waals surface area (Å²) in [6.45, 7) is 3.50. The van der Waals surface area contributed by atoms with Crippen molar-refractivity contribution in [2.45, 2.75) is 19.5 Å². The second kappa shape index (κ2) is 5.16. The fourth-order valence-electron chi connectivity index (χ4n) is 1.31. The van der Waals surface area contributed by atoms with E-state index in [0.717, 1.165) is 12.6 Å². The van der Waals surface area contributed by atoms with Crippen LogP contribution in [-0.4, -0.2) is 13.1 Å². The average Bonchev–Trinajstić information content (AvgIpc) is 2.17. The van der Waals surface area contributed by atoms with Gasteiger partial charge in [-0.2, -0.15) is 13.2 Å². The number of halogens is 3. The maximum atomic E-state index is 12.3. The van der Waals surface area contributed by atoms with Crippen LogP contribution < -0.4 is 5.32 Å². The first kappa shape index (κ1) is 12.0. The molecule has 0 bridgehead atoms. The van der Waals surface area contributed by atoms with Crippen molar-refractivity contribution in [1.29, 1.82) is 0 Å². The van der Waals surface area contributed by atoms with Crippen molar-refractivity contribution in [2.24, 2.45) is 0 Å². The van der Waals surface area contributed by atoms with E-state index < -0.39 is 11.7 Å². The topological polar surface area (TPSA) is 12.0 Å². The molecule has 0 unspecified atom stereocenters. The lowest BCUT2D eigenvalue weighted by molar-refractivity contribution is -0.137. The van der Waals surface area contributed by atoms with Gasteiger partial charge in [0, 0.05) is 0 Å². The maximum Gasteiger partial charge on any atom is 0.416 e. The van der Waals surface area contributed by atoms with Gasteiger partial charge in [-0.25, -0.2) is 0 Å². The largest absolute Gasteiger partial charge is 0.416 e. The molecule has 0 atom stereocenters. The number of nitrogens with one attached hydrogen (secondary N) is 1. The van der Waals surface area contributed by atoms with Gasteiger partial charge in [0.15, 0.2) is 0 Å². The lowest BCUT2D eigenvalue weighted by Gasteiger charge is -2.08. The van der Waals surface area contributed by atoms with Crippen LogP contribution in [0.25, 0.3) is 0 Å². The van der Waals surface area contributed by atoms with E-state index in [2.05, 4.69) is 5.32 Å². The molecule has 0 heterocycles. The highest BCUT2D eigenvalue weighted by molar-refractivity contribution is 5.25. The summed E-state index contributed by atoms with van der Waals surface area (Å²) in [5.74, 6) is 0. The summed E-state index contributed by atoms with van der Waals surface area (Å²) in [5.41, 5.74) is 0.141. The molecule has 0 spiro atoms. The van der Waals surface area contributed by atoms with Crippen molar-refractivity contribution in [3.63, 3.8) is 0 Å². The van der Waals surface area contributed by atoms with Crippen molar-refractivity contribution in [2.75, 3.05) is 13.1 Å². The number of alkyl halides is 3. The molecule has 15 heavy (non-hydrogen) atoms. The predicted octanol–water partition coefficient (Wildman–Crippen LogP) is 2.86. The number of likely N-dealkylation sites (N-methyl/N-ethyl adjacent to an activating group) is 1. The normalized spacial score (nSPS) is 11.7.